The lowest BCUT2D eigenvalue weighted by molar-refractivity contribution is -0.0662. The number of nitrogens with one attached hydrogen (secondary N) is 2. The van der Waals surface area contributed by atoms with E-state index in [9.17, 15) is 20.4 Å². The molecular formula is C54H36F4N4O7. The van der Waals surface area contributed by atoms with E-state index in [2.05, 4.69) is 9.97 Å². The van der Waals surface area contributed by atoms with Gasteiger partial charge in [-0.25, -0.2) is 18.7 Å². The smallest absolute Gasteiger partial charge is 0.204 e. The van der Waals surface area contributed by atoms with Crippen molar-refractivity contribution in [3.8, 4) is 73.3 Å². The average Bonchev–Trinajstić information content (AvgIpc) is 4.21. The van der Waals surface area contributed by atoms with Crippen LogP contribution >= 0.6 is 0 Å². The third kappa shape index (κ3) is 7.88. The first kappa shape index (κ1) is 42.9. The van der Waals surface area contributed by atoms with E-state index in [1.807, 2.05) is 12.1 Å². The summed E-state index contributed by atoms with van der Waals surface area (Å²) in [6.07, 6.45) is 4.84. The van der Waals surface area contributed by atoms with Gasteiger partial charge in [0.15, 0.2) is 23.7 Å². The van der Waals surface area contributed by atoms with E-state index in [0.717, 1.165) is 0 Å². The number of H-pyrrole nitrogens is 2. The van der Waals surface area contributed by atoms with Crippen molar-refractivity contribution >= 4 is 46.4 Å². The van der Waals surface area contributed by atoms with E-state index in [-0.39, 0.29) is 52.1 Å². The lowest BCUT2D eigenvalue weighted by atomic mass is 10.0. The molecule has 0 saturated carbocycles. The van der Waals surface area contributed by atoms with Crippen molar-refractivity contribution in [2.75, 3.05) is 13.2 Å². The number of fused-ring (bicyclic) bond motifs is 8. The lowest BCUT2D eigenvalue weighted by Crippen LogP contribution is -2.21. The van der Waals surface area contributed by atoms with Crippen molar-refractivity contribution in [2.24, 2.45) is 0 Å². The van der Waals surface area contributed by atoms with Crippen LogP contribution in [0.5, 0.6) is 28.7 Å². The predicted octanol–water partition coefficient (Wildman–Crippen LogP) is 12.2. The molecule has 69 heavy (non-hydrogen) atoms. The number of phenols is 4. The maximum Gasteiger partial charge on any atom is 0.204 e. The van der Waals surface area contributed by atoms with Crippen LogP contribution in [-0.2, 0) is 9.47 Å². The van der Waals surface area contributed by atoms with E-state index in [1.54, 1.807) is 85.0 Å². The van der Waals surface area contributed by atoms with Crippen molar-refractivity contribution in [2.45, 2.75) is 12.4 Å². The van der Waals surface area contributed by atoms with Crippen molar-refractivity contribution < 1.29 is 52.2 Å². The van der Waals surface area contributed by atoms with Crippen LogP contribution < -0.4 is 4.74 Å². The Morgan fingerprint density at radius 1 is 0.493 bits per heavy atom. The standard InChI is InChI=1S/C54H36F4N4O7/c55-49-48(50(56)52(58)53(51(49)57)67-25-35-26-68-54(69-35)27-10-12-31(63)13-11-27)47-42-20-18-40(61-42)45(29-5-2-8-33(65)23-29)38-16-14-36(59-38)44(28-4-1-7-32(64)22-28)37-15-17-39(60-37)46(41-19-21-43(47)62-41)30-6-3-9-34(66)24-30/h1-24,35,54,59,62-66H,25-26H2. The fourth-order valence-corrected chi connectivity index (χ4v) is 8.84. The van der Waals surface area contributed by atoms with Crippen LogP contribution in [0, 0.1) is 23.3 Å². The zero-order chi connectivity index (χ0) is 47.5. The largest absolute Gasteiger partial charge is 0.508 e. The Morgan fingerprint density at radius 2 is 0.913 bits per heavy atom. The first-order valence-corrected chi connectivity index (χ1v) is 21.6. The van der Waals surface area contributed by atoms with Gasteiger partial charge in [0.2, 0.25) is 11.6 Å². The highest BCUT2D eigenvalue weighted by Crippen LogP contribution is 2.43. The van der Waals surface area contributed by atoms with Gasteiger partial charge in [-0.2, -0.15) is 8.78 Å². The van der Waals surface area contributed by atoms with Gasteiger partial charge in [0.05, 0.1) is 34.9 Å². The second kappa shape index (κ2) is 17.2. The Hall–Kier alpha value is -8.66. The molecule has 1 saturated heterocycles. The number of benzene rings is 5. The van der Waals surface area contributed by atoms with Crippen LogP contribution in [0.3, 0.4) is 0 Å². The molecule has 0 aliphatic carbocycles. The van der Waals surface area contributed by atoms with Crippen molar-refractivity contribution in [1.29, 1.82) is 0 Å². The van der Waals surface area contributed by atoms with Crippen LogP contribution in [0.25, 0.3) is 90.9 Å². The Kier molecular flexibility index (Phi) is 10.7. The molecule has 3 aliphatic rings. The van der Waals surface area contributed by atoms with E-state index in [1.165, 1.54) is 48.5 Å². The zero-order valence-corrected chi connectivity index (χ0v) is 35.8. The van der Waals surface area contributed by atoms with E-state index in [0.29, 0.717) is 66.9 Å². The van der Waals surface area contributed by atoms with E-state index >= 15 is 17.6 Å². The third-order valence-electron chi connectivity index (χ3n) is 12.0. The number of aromatic hydroxyl groups is 4. The summed E-state index contributed by atoms with van der Waals surface area (Å²) in [5, 5.41) is 41.7. The Labute approximate surface area is 389 Å². The molecule has 8 bridgehead atoms. The van der Waals surface area contributed by atoms with Gasteiger partial charge in [-0.3, -0.25) is 0 Å². The summed E-state index contributed by atoms with van der Waals surface area (Å²) < 4.78 is 83.4. The van der Waals surface area contributed by atoms with Gasteiger partial charge in [-0.15, -0.1) is 0 Å². The highest BCUT2D eigenvalue weighted by Gasteiger charge is 2.33. The Bertz CT molecular complexity index is 3550. The van der Waals surface area contributed by atoms with Gasteiger partial charge in [0.25, 0.3) is 0 Å². The minimum Gasteiger partial charge on any atom is -0.508 e. The fraction of sp³-hybridized carbons (Fsp3) is 0.0741. The summed E-state index contributed by atoms with van der Waals surface area (Å²) in [6, 6.07) is 32.3. The number of rotatable bonds is 8. The van der Waals surface area contributed by atoms with Gasteiger partial charge < -0.3 is 44.6 Å². The normalized spacial score (nSPS) is 15.2. The zero-order valence-electron chi connectivity index (χ0n) is 35.8. The molecule has 3 aromatic heterocycles. The Balaban J connectivity index is 1.16. The quantitative estimate of drug-likeness (QED) is 0.0642. The first-order chi connectivity index (χ1) is 33.5. The van der Waals surface area contributed by atoms with Crippen molar-refractivity contribution in [3.05, 3.63) is 173 Å². The molecule has 0 amide bonds. The van der Waals surface area contributed by atoms with Crippen LogP contribution in [0.15, 0.2) is 121 Å². The monoisotopic (exact) mass is 928 g/mol. The summed E-state index contributed by atoms with van der Waals surface area (Å²) >= 11 is 0. The molecule has 1 fully saturated rings. The highest BCUT2D eigenvalue weighted by atomic mass is 19.2. The fourth-order valence-electron chi connectivity index (χ4n) is 8.84. The molecule has 11 nitrogen and oxygen atoms in total. The molecule has 0 radical (unpaired) electrons. The molecule has 6 heterocycles. The summed E-state index contributed by atoms with van der Waals surface area (Å²) in [4.78, 5) is 16.7. The second-order valence-corrected chi connectivity index (χ2v) is 16.4. The average molecular weight is 929 g/mol. The minimum absolute atomic E-state index is 0.00120. The number of hydrogen-bond donors (Lipinski definition) is 6. The number of aromatic amines is 2. The predicted molar refractivity (Wildman–Crippen MR) is 253 cm³/mol. The second-order valence-electron chi connectivity index (χ2n) is 16.4. The summed E-state index contributed by atoms with van der Waals surface area (Å²) in [7, 11) is 0. The molecule has 5 aromatic carbocycles. The highest BCUT2D eigenvalue weighted by molar-refractivity contribution is 6.00. The van der Waals surface area contributed by atoms with Gasteiger partial charge >= 0.3 is 0 Å². The van der Waals surface area contributed by atoms with E-state index < -0.39 is 53.6 Å². The van der Waals surface area contributed by atoms with Gasteiger partial charge in [-0.1, -0.05) is 48.5 Å². The minimum atomic E-state index is -1.80. The SMILES string of the molecule is Oc1ccc(C2OCC(COc3c(F)c(F)c(-c4c5nc(c(-c6cccc(O)c6)c6ccc([nH]6)c(-c6cccc(O)c6)c6nc(c(-c7cccc(O)c7)c7ccc4[nH]7)C=C6)C=C5)c(F)c3F)O2)cc1. The van der Waals surface area contributed by atoms with Crippen LogP contribution in [0.4, 0.5) is 17.6 Å². The van der Waals surface area contributed by atoms with Gasteiger partial charge in [-0.05, 0) is 114 Å². The molecule has 0 spiro atoms. The Morgan fingerprint density at radius 3 is 1.35 bits per heavy atom. The number of nitrogens with zero attached hydrogens (tertiary/aromatic N) is 2. The first-order valence-electron chi connectivity index (χ1n) is 21.6. The number of aromatic nitrogens is 4. The topological polar surface area (TPSA) is 166 Å². The molecule has 11 rings (SSSR count). The number of hydrogen-bond acceptors (Lipinski definition) is 9. The number of ether oxygens (including phenoxy) is 3. The molecule has 2 atom stereocenters. The summed E-state index contributed by atoms with van der Waals surface area (Å²) in [5.41, 5.74) is 4.73. The molecule has 342 valence electrons. The molecule has 15 heteroatoms. The molecular weight excluding hydrogens is 893 g/mol. The van der Waals surface area contributed by atoms with Crippen molar-refractivity contribution in [1.82, 2.24) is 19.9 Å². The maximum absolute atomic E-state index is 16.9. The number of phenolic OH excluding ortho intramolecular Hbond substituents is 4. The van der Waals surface area contributed by atoms with Gasteiger partial charge in [0, 0.05) is 49.9 Å². The summed E-state index contributed by atoms with van der Waals surface area (Å²) in [5.74, 6) is -8.50. The van der Waals surface area contributed by atoms with Crippen molar-refractivity contribution in [3.63, 3.8) is 0 Å². The maximum atomic E-state index is 16.9. The van der Waals surface area contributed by atoms with E-state index in [4.69, 9.17) is 24.2 Å². The van der Waals surface area contributed by atoms with Gasteiger partial charge in [0.1, 0.15) is 35.7 Å². The van der Waals surface area contributed by atoms with Crippen LogP contribution in [0.1, 0.15) is 34.6 Å². The molecule has 3 aliphatic heterocycles. The molecule has 2 unspecified atom stereocenters. The van der Waals surface area contributed by atoms with Crippen LogP contribution in [-0.4, -0.2) is 59.7 Å². The lowest BCUT2D eigenvalue weighted by Gasteiger charge is -2.16. The number of halogens is 4. The third-order valence-corrected chi connectivity index (χ3v) is 12.0. The summed E-state index contributed by atoms with van der Waals surface area (Å²) in [6.45, 7) is -0.598. The molecule has 6 N–H and O–H groups in total. The van der Waals surface area contributed by atoms with Crippen LogP contribution in [0.2, 0.25) is 0 Å². The molecule has 8 aromatic rings.